The molecule has 1 saturated heterocycles. The first kappa shape index (κ1) is 15.7. The number of nitrogens with two attached hydrogens (primary N) is 1. The minimum atomic E-state index is -4.04. The summed E-state index contributed by atoms with van der Waals surface area (Å²) in [5, 5.41) is 23.8. The zero-order valence-corrected chi connectivity index (χ0v) is 12.4. The van der Waals surface area contributed by atoms with Crippen molar-refractivity contribution >= 4 is 21.7 Å². The number of rotatable bonds is 4. The molecule has 7 nitrogen and oxygen atoms in total. The van der Waals surface area contributed by atoms with Crippen molar-refractivity contribution in [2.75, 3.05) is 24.6 Å². The van der Waals surface area contributed by atoms with Crippen LogP contribution in [-0.2, 0) is 10.0 Å². The summed E-state index contributed by atoms with van der Waals surface area (Å²) < 4.78 is 23.6. The van der Waals surface area contributed by atoms with Crippen LogP contribution in [0.25, 0.3) is 0 Å². The van der Waals surface area contributed by atoms with Crippen molar-refractivity contribution in [2.24, 2.45) is 11.1 Å². The Balaban J connectivity index is 2.64. The molecule has 0 spiro atoms. The van der Waals surface area contributed by atoms with Crippen LogP contribution in [0.3, 0.4) is 0 Å². The lowest BCUT2D eigenvalue weighted by Gasteiger charge is -2.23. The Morgan fingerprint density at radius 3 is 2.62 bits per heavy atom. The highest BCUT2D eigenvalue weighted by molar-refractivity contribution is 7.89. The van der Waals surface area contributed by atoms with Crippen molar-refractivity contribution in [3.05, 3.63) is 23.3 Å². The van der Waals surface area contributed by atoms with Crippen molar-refractivity contribution in [2.45, 2.75) is 18.2 Å². The monoisotopic (exact) mass is 314 g/mol. The van der Waals surface area contributed by atoms with Gasteiger partial charge in [-0.3, -0.25) is 0 Å². The Morgan fingerprint density at radius 1 is 1.48 bits per heavy atom. The van der Waals surface area contributed by atoms with Gasteiger partial charge < -0.3 is 15.1 Å². The lowest BCUT2D eigenvalue weighted by atomic mass is 10.1. The van der Waals surface area contributed by atoms with Gasteiger partial charge in [0.2, 0.25) is 10.0 Å². The van der Waals surface area contributed by atoms with E-state index in [4.69, 9.17) is 5.14 Å². The third-order valence-corrected chi connectivity index (χ3v) is 4.54. The minimum Gasteiger partial charge on any atom is -0.478 e. The van der Waals surface area contributed by atoms with E-state index in [2.05, 4.69) is 0 Å². The number of primary sulfonamides is 1. The number of hydrogen-bond acceptors (Lipinski definition) is 5. The van der Waals surface area contributed by atoms with Gasteiger partial charge >= 0.3 is 5.97 Å². The molecule has 1 fully saturated rings. The van der Waals surface area contributed by atoms with Gasteiger partial charge in [-0.1, -0.05) is 0 Å². The number of carboxylic acids is 1. The second kappa shape index (κ2) is 5.63. The zero-order valence-electron chi connectivity index (χ0n) is 11.6. The number of aliphatic hydroxyl groups is 1. The van der Waals surface area contributed by atoms with Gasteiger partial charge in [-0.15, -0.1) is 0 Å². The molecular formula is C13H18N2O5S. The number of aryl methyl sites for hydroxylation is 1. The van der Waals surface area contributed by atoms with Gasteiger partial charge in [0, 0.05) is 25.6 Å². The van der Waals surface area contributed by atoms with Gasteiger partial charge in [-0.05, 0) is 31.0 Å². The predicted molar refractivity (Wildman–Crippen MR) is 76.9 cm³/mol. The summed E-state index contributed by atoms with van der Waals surface area (Å²) in [6.07, 6.45) is 0.674. The summed E-state index contributed by atoms with van der Waals surface area (Å²) in [4.78, 5) is 12.9. The van der Waals surface area contributed by atoms with E-state index in [-0.39, 0.29) is 28.7 Å². The van der Waals surface area contributed by atoms with E-state index in [1.807, 2.05) is 0 Å². The number of hydrogen-bond donors (Lipinski definition) is 3. The van der Waals surface area contributed by atoms with Gasteiger partial charge in [0.1, 0.15) is 4.90 Å². The number of anilines is 1. The maximum Gasteiger partial charge on any atom is 0.337 e. The molecule has 0 saturated carbocycles. The number of sulfonamides is 1. The molecule has 0 aromatic heterocycles. The van der Waals surface area contributed by atoms with Crippen LogP contribution in [0, 0.1) is 12.8 Å². The molecular weight excluding hydrogens is 296 g/mol. The Kier molecular flexibility index (Phi) is 4.22. The third kappa shape index (κ3) is 3.17. The summed E-state index contributed by atoms with van der Waals surface area (Å²) >= 11 is 0. The third-order valence-electron chi connectivity index (χ3n) is 3.62. The Hall–Kier alpha value is -1.64. The molecule has 4 N–H and O–H groups in total. The lowest BCUT2D eigenvalue weighted by molar-refractivity contribution is 0.0697. The lowest BCUT2D eigenvalue weighted by Crippen LogP contribution is -2.27. The number of carboxylic acid groups (broad SMARTS) is 1. The van der Waals surface area contributed by atoms with Crippen LogP contribution in [0.5, 0.6) is 0 Å². The van der Waals surface area contributed by atoms with Crippen LogP contribution >= 0.6 is 0 Å². The summed E-state index contributed by atoms with van der Waals surface area (Å²) in [6, 6.07) is 2.81. The highest BCUT2D eigenvalue weighted by Gasteiger charge is 2.30. The van der Waals surface area contributed by atoms with Crippen molar-refractivity contribution in [3.63, 3.8) is 0 Å². The Bertz CT molecular complexity index is 671. The fourth-order valence-corrected chi connectivity index (χ4v) is 3.50. The first-order valence-electron chi connectivity index (χ1n) is 6.50. The van der Waals surface area contributed by atoms with Crippen LogP contribution < -0.4 is 10.0 Å². The van der Waals surface area contributed by atoms with Gasteiger partial charge in [0.15, 0.2) is 0 Å². The fraction of sp³-hybridized carbons (Fsp3) is 0.462. The van der Waals surface area contributed by atoms with Crippen LogP contribution in [0.2, 0.25) is 0 Å². The normalized spacial score (nSPS) is 19.0. The van der Waals surface area contributed by atoms with Crippen LogP contribution in [0.15, 0.2) is 17.0 Å². The summed E-state index contributed by atoms with van der Waals surface area (Å²) in [6.45, 7) is 2.49. The first-order chi connectivity index (χ1) is 9.74. The number of carbonyl (C=O) groups is 1. The van der Waals surface area contributed by atoms with E-state index in [0.29, 0.717) is 25.1 Å². The van der Waals surface area contributed by atoms with E-state index < -0.39 is 16.0 Å². The SMILES string of the molecule is Cc1cc(C(=O)O)c(N2CCC(CO)C2)c(S(N)(=O)=O)c1. The topological polar surface area (TPSA) is 121 Å². The standard InChI is InChI=1S/C13H18N2O5S/c1-8-4-10(13(17)18)12(11(5-8)21(14,19)20)15-3-2-9(6-15)7-16/h4-5,9,16H,2-3,6-7H2,1H3,(H,17,18)(H2,14,19,20). The molecule has 0 bridgehead atoms. The first-order valence-corrected chi connectivity index (χ1v) is 8.05. The molecule has 0 aliphatic carbocycles. The maximum atomic E-state index is 11.8. The van der Waals surface area contributed by atoms with Crippen molar-refractivity contribution in [1.29, 1.82) is 0 Å². The summed E-state index contributed by atoms with van der Waals surface area (Å²) in [5.41, 5.74) is 0.544. The molecule has 1 aliphatic heterocycles. The highest BCUT2D eigenvalue weighted by atomic mass is 32.2. The Morgan fingerprint density at radius 2 is 2.14 bits per heavy atom. The van der Waals surface area contributed by atoms with E-state index >= 15 is 0 Å². The fourth-order valence-electron chi connectivity index (χ4n) is 2.64. The van der Waals surface area contributed by atoms with Gasteiger partial charge in [-0.25, -0.2) is 18.4 Å². The van der Waals surface area contributed by atoms with Crippen LogP contribution in [0.1, 0.15) is 22.3 Å². The van der Waals surface area contributed by atoms with Gasteiger partial charge in [-0.2, -0.15) is 0 Å². The molecule has 0 amide bonds. The largest absolute Gasteiger partial charge is 0.478 e. The van der Waals surface area contributed by atoms with Crippen molar-refractivity contribution in [1.82, 2.24) is 0 Å². The Labute approximate surface area is 123 Å². The zero-order chi connectivity index (χ0) is 15.8. The molecule has 1 unspecified atom stereocenters. The molecule has 21 heavy (non-hydrogen) atoms. The molecule has 0 radical (unpaired) electrons. The quantitative estimate of drug-likeness (QED) is 0.728. The van der Waals surface area contributed by atoms with E-state index in [1.54, 1.807) is 11.8 Å². The van der Waals surface area contributed by atoms with Crippen molar-refractivity contribution in [3.8, 4) is 0 Å². The average Bonchev–Trinajstić information content (AvgIpc) is 2.85. The van der Waals surface area contributed by atoms with Crippen LogP contribution in [0.4, 0.5) is 5.69 Å². The van der Waals surface area contributed by atoms with E-state index in [9.17, 15) is 23.4 Å². The van der Waals surface area contributed by atoms with E-state index in [0.717, 1.165) is 0 Å². The number of aliphatic hydroxyl groups excluding tert-OH is 1. The molecule has 116 valence electrons. The highest BCUT2D eigenvalue weighted by Crippen LogP contribution is 2.34. The summed E-state index contributed by atoms with van der Waals surface area (Å²) in [7, 11) is -4.04. The van der Waals surface area contributed by atoms with Gasteiger partial charge in [0.05, 0.1) is 11.3 Å². The second-order valence-electron chi connectivity index (χ2n) is 5.29. The average molecular weight is 314 g/mol. The predicted octanol–water partition coefficient (Wildman–Crippen LogP) is 0.159. The number of nitrogens with zero attached hydrogens (tertiary/aromatic N) is 1. The molecule has 1 aliphatic rings. The van der Waals surface area contributed by atoms with Gasteiger partial charge in [0.25, 0.3) is 0 Å². The molecule has 2 rings (SSSR count). The number of aromatic carboxylic acids is 1. The molecule has 1 aromatic carbocycles. The molecule has 1 heterocycles. The van der Waals surface area contributed by atoms with E-state index in [1.165, 1.54) is 12.1 Å². The molecule has 1 atom stereocenters. The van der Waals surface area contributed by atoms with Crippen LogP contribution in [-0.4, -0.2) is 44.3 Å². The maximum absolute atomic E-state index is 11.8. The second-order valence-corrected chi connectivity index (χ2v) is 6.82. The molecule has 8 heteroatoms. The summed E-state index contributed by atoms with van der Waals surface area (Å²) in [5.74, 6) is -1.20. The number of benzene rings is 1. The van der Waals surface area contributed by atoms with Crippen molar-refractivity contribution < 1.29 is 23.4 Å². The molecule has 1 aromatic rings. The smallest absolute Gasteiger partial charge is 0.337 e. The minimum absolute atomic E-state index is 0.00118.